The third-order valence-corrected chi connectivity index (χ3v) is 12.0. The first-order valence-corrected chi connectivity index (χ1v) is 24.8. The van der Waals surface area contributed by atoms with Gasteiger partial charge in [-0.05, 0) is 122 Å². The lowest BCUT2D eigenvalue weighted by Crippen LogP contribution is -2.40. The molecule has 17 nitrogen and oxygen atoms in total. The van der Waals surface area contributed by atoms with Crippen LogP contribution in [0.25, 0.3) is 22.2 Å². The van der Waals surface area contributed by atoms with Gasteiger partial charge in [-0.15, -0.1) is 12.4 Å². The Kier molecular flexibility index (Phi) is 20.5. The van der Waals surface area contributed by atoms with Crippen molar-refractivity contribution >= 4 is 93.2 Å². The van der Waals surface area contributed by atoms with E-state index in [0.717, 1.165) is 20.1 Å². The number of fused-ring (bicyclic) bond motifs is 2. The van der Waals surface area contributed by atoms with Crippen molar-refractivity contribution in [1.82, 2.24) is 14.9 Å². The number of amides is 1. The van der Waals surface area contributed by atoms with Gasteiger partial charge in [0.25, 0.3) is 17.8 Å². The first-order valence-electron chi connectivity index (χ1n) is 24.1. The van der Waals surface area contributed by atoms with Crippen LogP contribution in [0.15, 0.2) is 168 Å². The van der Waals surface area contributed by atoms with Crippen molar-refractivity contribution in [3.05, 3.63) is 198 Å². The Morgan fingerprint density at radius 1 is 0.728 bits per heavy atom. The number of nitrogens with one attached hydrogen (secondary N) is 2. The zero-order chi connectivity index (χ0) is 57.9. The van der Waals surface area contributed by atoms with E-state index < -0.39 is 72.4 Å². The molecule has 4 heterocycles. The maximum Gasteiger partial charge on any atom is 0.417 e. The average Bonchev–Trinajstić information content (AvgIpc) is 2.50. The highest BCUT2D eigenvalue weighted by atomic mass is 35.5. The zero-order valence-corrected chi connectivity index (χ0v) is 45.3. The summed E-state index contributed by atoms with van der Waals surface area (Å²) >= 11 is 11.7. The molecule has 0 aliphatic carbocycles. The molecule has 2 aliphatic heterocycles. The molecule has 422 valence electrons. The molecule has 4 N–H and O–H groups in total. The molecule has 2 aliphatic rings. The molecule has 1 unspecified atom stereocenters. The van der Waals surface area contributed by atoms with Gasteiger partial charge in [0, 0.05) is 46.2 Å². The Hall–Kier alpha value is -8.63. The number of H-pyrrole nitrogens is 2. The first kappa shape index (κ1) is 61.6. The van der Waals surface area contributed by atoms with E-state index in [1.165, 1.54) is 17.0 Å². The van der Waals surface area contributed by atoms with E-state index in [-0.39, 0.29) is 36.7 Å². The molecule has 0 fully saturated rings. The van der Waals surface area contributed by atoms with Crippen LogP contribution in [-0.4, -0.2) is 88.4 Å². The summed E-state index contributed by atoms with van der Waals surface area (Å²) in [6, 6.07) is 36.7. The van der Waals surface area contributed by atoms with Gasteiger partial charge >= 0.3 is 17.5 Å². The van der Waals surface area contributed by atoms with E-state index in [9.17, 15) is 51.1 Å². The Morgan fingerprint density at radius 3 is 1.70 bits per heavy atom. The summed E-state index contributed by atoms with van der Waals surface area (Å²) in [5.41, 5.74) is 8.89. The van der Waals surface area contributed by atoms with Crippen molar-refractivity contribution in [2.24, 2.45) is 10.7 Å². The predicted octanol–water partition coefficient (Wildman–Crippen LogP) is 11.7. The van der Waals surface area contributed by atoms with Crippen LogP contribution in [-0.2, 0) is 19.1 Å². The summed E-state index contributed by atoms with van der Waals surface area (Å²) in [7, 11) is 0. The SMILES string of the molecule is CC(F)(F)CN.CC(F)(F)CN1C(=O)C2=C(C(c3cccc4[nH]c(=O)oc34)=NC2)C1c1ccc(Oc2ccc(Cl)cc2)cc1.CCOC(=O)C(=O)CC(=O)c1cccc2[nH]c(=O)oc12.Cl.O=Cc1ccc(Oc2ccc(Cl)cc2)cc1. The summed E-state index contributed by atoms with van der Waals surface area (Å²) < 4.78 is 77.3. The summed E-state index contributed by atoms with van der Waals surface area (Å²) in [6.07, 6.45) is 0.166. The van der Waals surface area contributed by atoms with E-state index in [0.29, 0.717) is 83.2 Å². The number of oxazole rings is 2. The lowest BCUT2D eigenvalue weighted by Gasteiger charge is -2.30. The van der Waals surface area contributed by atoms with Crippen LogP contribution in [0.2, 0.25) is 10.0 Å². The number of aromatic nitrogens is 2. The highest BCUT2D eigenvalue weighted by Crippen LogP contribution is 2.45. The topological polar surface area (TPSA) is 247 Å². The van der Waals surface area contributed by atoms with Crippen LogP contribution in [0.3, 0.4) is 0 Å². The maximum atomic E-state index is 14.3. The van der Waals surface area contributed by atoms with Crippen LogP contribution in [0.5, 0.6) is 23.0 Å². The number of halogens is 7. The molecule has 0 bridgehead atoms. The molecule has 81 heavy (non-hydrogen) atoms. The molecule has 2 aromatic heterocycles. The Labute approximate surface area is 473 Å². The van der Waals surface area contributed by atoms with Crippen LogP contribution in [0, 0.1) is 0 Å². The van der Waals surface area contributed by atoms with Gasteiger partial charge in [-0.1, -0.05) is 47.5 Å². The number of aldehydes is 1. The summed E-state index contributed by atoms with van der Waals surface area (Å²) in [6.45, 7) is 1.91. The molecular formula is C57H48Cl3F4N5O12. The first-order chi connectivity index (χ1) is 38.0. The molecule has 0 saturated heterocycles. The second-order valence-corrected chi connectivity index (χ2v) is 18.6. The number of esters is 1. The fourth-order valence-electron chi connectivity index (χ4n) is 7.92. The van der Waals surface area contributed by atoms with Gasteiger partial charge in [-0.25, -0.2) is 31.9 Å². The number of hydrogen-bond donors (Lipinski definition) is 3. The van der Waals surface area contributed by atoms with Gasteiger partial charge in [0.2, 0.25) is 5.78 Å². The summed E-state index contributed by atoms with van der Waals surface area (Å²) in [4.78, 5) is 92.2. The maximum absolute atomic E-state index is 14.3. The van der Waals surface area contributed by atoms with Gasteiger partial charge in [-0.2, -0.15) is 0 Å². The van der Waals surface area contributed by atoms with Crippen LogP contribution in [0.1, 0.15) is 65.1 Å². The third kappa shape index (κ3) is 16.3. The third-order valence-electron chi connectivity index (χ3n) is 11.5. The Balaban J connectivity index is 0.000000205. The molecule has 24 heteroatoms. The number of aromatic amines is 2. The van der Waals surface area contributed by atoms with Crippen molar-refractivity contribution in [3.63, 3.8) is 0 Å². The normalized spacial score (nSPS) is 13.6. The molecule has 1 amide bonds. The standard InChI is InChI=1S/C28H20ClF2N3O4.C13H9ClO2.C13H11NO6.C3H7F2N.ClH/c1-28(30,31)14-34-24(15-5-9-17(10-6-15)37-18-11-7-16(29)8-12-18)22-20(26(34)35)13-32-23(22)19-3-2-4-21-25(19)38-27(36)33-21;14-11-3-7-13(8-4-11)16-12-5-1-10(9-15)2-6-12;1-2-19-12(17)10(16)6-9(15)7-4-3-5-8-11(7)20-13(18)14-8;1-3(4,5)2-6;/h2-12,24H,13-14H2,1H3,(H,33,36);1-9H;3-5H,2,6H2,1H3,(H,14,18);2,6H2,1H3;1H. The minimum absolute atomic E-state index is 0. The molecule has 6 aromatic carbocycles. The average molecular weight is 1180 g/mol. The monoisotopic (exact) mass is 1180 g/mol. The van der Waals surface area contributed by atoms with Crippen molar-refractivity contribution < 1.29 is 64.6 Å². The predicted molar refractivity (Wildman–Crippen MR) is 296 cm³/mol. The van der Waals surface area contributed by atoms with Crippen molar-refractivity contribution in [1.29, 1.82) is 0 Å². The molecule has 10 rings (SSSR count). The fourth-order valence-corrected chi connectivity index (χ4v) is 8.17. The minimum Gasteiger partial charge on any atom is -0.460 e. The quantitative estimate of drug-likeness (QED) is 0.0216. The lowest BCUT2D eigenvalue weighted by atomic mass is 9.91. The number of carbonyl (C=O) groups excluding carboxylic acids is 5. The van der Waals surface area contributed by atoms with E-state index in [1.54, 1.807) is 128 Å². The number of hydrogen-bond acceptors (Lipinski definition) is 14. The van der Waals surface area contributed by atoms with Crippen LogP contribution >= 0.6 is 35.6 Å². The number of alkyl halides is 4. The van der Waals surface area contributed by atoms with Crippen molar-refractivity contribution in [2.45, 2.75) is 45.1 Å². The van der Waals surface area contributed by atoms with E-state index in [4.69, 9.17) is 41.5 Å². The number of rotatable bonds is 15. The molecule has 0 saturated carbocycles. The van der Waals surface area contributed by atoms with E-state index in [2.05, 4.69) is 25.4 Å². The van der Waals surface area contributed by atoms with Crippen molar-refractivity contribution in [2.75, 3.05) is 26.2 Å². The molecule has 0 radical (unpaired) electrons. The molecule has 8 aromatic rings. The highest BCUT2D eigenvalue weighted by molar-refractivity contribution is 6.38. The van der Waals surface area contributed by atoms with Gasteiger partial charge in [0.1, 0.15) is 29.3 Å². The number of nitrogens with zero attached hydrogens (tertiary/aromatic N) is 2. The molecular weight excluding hydrogens is 1130 g/mol. The van der Waals surface area contributed by atoms with Gasteiger partial charge in [0.15, 0.2) is 16.9 Å². The number of benzene rings is 6. The molecule has 0 spiro atoms. The number of ether oxygens (including phenoxy) is 3. The number of Topliss-reactive ketones (excluding diaryl/α,β-unsaturated/α-hetero) is 2. The summed E-state index contributed by atoms with van der Waals surface area (Å²) in [5, 5.41) is 1.25. The highest BCUT2D eigenvalue weighted by Gasteiger charge is 2.47. The van der Waals surface area contributed by atoms with E-state index >= 15 is 0 Å². The van der Waals surface area contributed by atoms with Crippen molar-refractivity contribution in [3.8, 4) is 23.0 Å². The van der Waals surface area contributed by atoms with E-state index in [1.807, 2.05) is 0 Å². The number of carbonyl (C=O) groups is 5. The smallest absolute Gasteiger partial charge is 0.417 e. The van der Waals surface area contributed by atoms with Gasteiger partial charge in [-0.3, -0.25) is 34.1 Å². The van der Waals surface area contributed by atoms with Gasteiger partial charge in [0.05, 0.1) is 61.0 Å². The fraction of sp³-hybridized carbons (Fsp3) is 0.193. The minimum atomic E-state index is -3.12. The largest absolute Gasteiger partial charge is 0.460 e. The lowest BCUT2D eigenvalue weighted by molar-refractivity contribution is -0.153. The van der Waals surface area contributed by atoms with Crippen LogP contribution < -0.4 is 26.7 Å². The van der Waals surface area contributed by atoms with Crippen LogP contribution in [0.4, 0.5) is 17.6 Å². The molecule has 1 atom stereocenters. The summed E-state index contributed by atoms with van der Waals surface area (Å²) in [5.74, 6) is -7.70. The number of para-hydroxylation sites is 2. The van der Waals surface area contributed by atoms with Gasteiger partial charge < -0.3 is 33.7 Å². The second-order valence-electron chi connectivity index (χ2n) is 17.7. The number of nitrogens with two attached hydrogens (primary N) is 1. The Morgan fingerprint density at radius 2 is 1.21 bits per heavy atom. The number of aliphatic imine (C=N–C) groups is 1. The second kappa shape index (κ2) is 27.0. The number of ketones is 2. The zero-order valence-electron chi connectivity index (χ0n) is 42.9. The Bertz CT molecular complexity index is 3740.